The van der Waals surface area contributed by atoms with Gasteiger partial charge in [0.1, 0.15) is 5.69 Å². The summed E-state index contributed by atoms with van der Waals surface area (Å²) in [6.45, 7) is 6.94. The smallest absolute Gasteiger partial charge is 0.475 e. The van der Waals surface area contributed by atoms with Gasteiger partial charge in [-0.15, -0.1) is 0 Å². The second-order valence-corrected chi connectivity index (χ2v) is 9.31. The molecule has 0 saturated carbocycles. The van der Waals surface area contributed by atoms with Crippen LogP contribution in [0.5, 0.6) is 0 Å². The highest BCUT2D eigenvalue weighted by molar-refractivity contribution is 5.92. The fourth-order valence-corrected chi connectivity index (χ4v) is 4.27. The normalized spacial score (nSPS) is 20.4. The van der Waals surface area contributed by atoms with Gasteiger partial charge in [-0.3, -0.25) is 14.7 Å². The molecule has 2 saturated heterocycles. The van der Waals surface area contributed by atoms with Crippen molar-refractivity contribution in [2.45, 2.75) is 25.8 Å². The van der Waals surface area contributed by atoms with E-state index >= 15 is 0 Å². The van der Waals surface area contributed by atoms with Crippen LogP contribution in [0.1, 0.15) is 21.9 Å². The standard InChI is InChI=1S/C20H26N4O2.2C2HF3O2/c1-15-5-3-6-17(22-15)10-24-9-16-11-26-14-20(16,13-24)12-21-19(25)18-7-4-8-23(18)2;2*3-2(4,5)1(6)7/h3-8,16H,9-14H2,1-2H3,(H,21,25);2*(H,6,7)/t16-,20+;;/m1../s1. The van der Waals surface area contributed by atoms with Crippen molar-refractivity contribution in [2.24, 2.45) is 18.4 Å². The highest BCUT2D eigenvalue weighted by Gasteiger charge is 2.50. The number of alkyl halides is 6. The highest BCUT2D eigenvalue weighted by Crippen LogP contribution is 2.41. The van der Waals surface area contributed by atoms with E-state index in [4.69, 9.17) is 24.5 Å². The van der Waals surface area contributed by atoms with Crippen LogP contribution in [-0.2, 0) is 27.9 Å². The maximum atomic E-state index is 12.5. The SMILES string of the molecule is Cc1cccc(CN2C[C@@H]3COC[C@]3(CNC(=O)c3cccn3C)C2)n1.O=C(O)C(F)(F)F.O=C(O)C(F)(F)F. The number of nitrogens with zero attached hydrogens (tertiary/aromatic N) is 3. The molecule has 1 amide bonds. The van der Waals surface area contributed by atoms with E-state index in [0.717, 1.165) is 37.6 Å². The van der Waals surface area contributed by atoms with Gasteiger partial charge in [0.25, 0.3) is 5.91 Å². The Morgan fingerprint density at radius 2 is 1.68 bits per heavy atom. The molecule has 40 heavy (non-hydrogen) atoms. The number of ether oxygens (including phenoxy) is 1. The van der Waals surface area contributed by atoms with Crippen LogP contribution >= 0.6 is 0 Å². The quantitative estimate of drug-likeness (QED) is 0.459. The fraction of sp³-hybridized carbons (Fsp3) is 0.500. The van der Waals surface area contributed by atoms with Crippen molar-refractivity contribution in [1.82, 2.24) is 19.8 Å². The van der Waals surface area contributed by atoms with Gasteiger partial charge in [-0.25, -0.2) is 9.59 Å². The molecule has 2 aromatic heterocycles. The van der Waals surface area contributed by atoms with Gasteiger partial charge >= 0.3 is 24.3 Å². The number of carbonyl (C=O) groups excluding carboxylic acids is 1. The number of likely N-dealkylation sites (tertiary alicyclic amines) is 1. The molecule has 2 fully saturated rings. The summed E-state index contributed by atoms with van der Waals surface area (Å²) in [5, 5.41) is 17.4. The Labute approximate surface area is 224 Å². The minimum absolute atomic E-state index is 0.00461. The average Bonchev–Trinajstić information content (AvgIpc) is 3.51. The van der Waals surface area contributed by atoms with Crippen LogP contribution in [-0.4, -0.2) is 87.7 Å². The summed E-state index contributed by atoms with van der Waals surface area (Å²) in [5.41, 5.74) is 2.85. The van der Waals surface area contributed by atoms with Crippen molar-refractivity contribution in [1.29, 1.82) is 0 Å². The third kappa shape index (κ3) is 9.22. The summed E-state index contributed by atoms with van der Waals surface area (Å²) in [6, 6.07) is 9.91. The zero-order chi connectivity index (χ0) is 30.3. The first-order chi connectivity index (χ1) is 18.4. The van der Waals surface area contributed by atoms with Gasteiger partial charge in [-0.05, 0) is 31.2 Å². The molecule has 3 N–H and O–H groups in total. The number of nitrogens with one attached hydrogen (secondary N) is 1. The Morgan fingerprint density at radius 3 is 2.17 bits per heavy atom. The lowest BCUT2D eigenvalue weighted by Gasteiger charge is -2.27. The highest BCUT2D eigenvalue weighted by atomic mass is 19.4. The number of hydrogen-bond acceptors (Lipinski definition) is 6. The predicted octanol–water partition coefficient (Wildman–Crippen LogP) is 2.87. The van der Waals surface area contributed by atoms with Crippen molar-refractivity contribution in [2.75, 3.05) is 32.8 Å². The van der Waals surface area contributed by atoms with Crippen LogP contribution in [0, 0.1) is 18.3 Å². The largest absolute Gasteiger partial charge is 0.490 e. The Hall–Kier alpha value is -3.66. The molecule has 2 atom stereocenters. The average molecular weight is 582 g/mol. The van der Waals surface area contributed by atoms with Crippen molar-refractivity contribution in [3.63, 3.8) is 0 Å². The van der Waals surface area contributed by atoms with Gasteiger partial charge in [0, 0.05) is 56.5 Å². The molecule has 16 heteroatoms. The third-order valence-corrected chi connectivity index (χ3v) is 6.19. The molecule has 0 aliphatic carbocycles. The molecule has 10 nitrogen and oxygen atoms in total. The van der Waals surface area contributed by atoms with Gasteiger partial charge in [-0.1, -0.05) is 6.07 Å². The molecule has 222 valence electrons. The summed E-state index contributed by atoms with van der Waals surface area (Å²) in [4.78, 5) is 37.3. The number of amides is 1. The maximum absolute atomic E-state index is 12.5. The number of pyridine rings is 1. The number of carboxylic acid groups (broad SMARTS) is 2. The third-order valence-electron chi connectivity index (χ3n) is 6.19. The van der Waals surface area contributed by atoms with Gasteiger partial charge < -0.3 is 24.8 Å². The number of aryl methyl sites for hydroxylation is 2. The van der Waals surface area contributed by atoms with Gasteiger partial charge in [-0.2, -0.15) is 26.3 Å². The predicted molar refractivity (Wildman–Crippen MR) is 126 cm³/mol. The van der Waals surface area contributed by atoms with Crippen LogP contribution in [0.3, 0.4) is 0 Å². The number of fused-ring (bicyclic) bond motifs is 1. The molecule has 0 radical (unpaired) electrons. The van der Waals surface area contributed by atoms with E-state index in [0.29, 0.717) is 24.8 Å². The summed E-state index contributed by atoms with van der Waals surface area (Å²) < 4.78 is 71.1. The number of carbonyl (C=O) groups is 3. The summed E-state index contributed by atoms with van der Waals surface area (Å²) in [7, 11) is 1.89. The lowest BCUT2D eigenvalue weighted by Crippen LogP contribution is -2.43. The first kappa shape index (κ1) is 32.6. The first-order valence-electron chi connectivity index (χ1n) is 11.7. The molecular weight excluding hydrogens is 554 g/mol. The van der Waals surface area contributed by atoms with Crippen LogP contribution < -0.4 is 5.32 Å². The minimum atomic E-state index is -5.08. The maximum Gasteiger partial charge on any atom is 0.490 e. The number of halogens is 6. The number of hydrogen-bond donors (Lipinski definition) is 3. The molecule has 0 spiro atoms. The van der Waals surface area contributed by atoms with Gasteiger partial charge in [0.15, 0.2) is 0 Å². The Kier molecular flexibility index (Phi) is 10.7. The molecule has 2 aromatic rings. The summed E-state index contributed by atoms with van der Waals surface area (Å²) in [5.74, 6) is -5.07. The van der Waals surface area contributed by atoms with E-state index in [1.165, 1.54) is 0 Å². The Balaban J connectivity index is 0.000000333. The van der Waals surface area contributed by atoms with Crippen molar-refractivity contribution >= 4 is 17.8 Å². The summed E-state index contributed by atoms with van der Waals surface area (Å²) in [6.07, 6.45) is -8.28. The molecule has 4 rings (SSSR count). The molecule has 0 aromatic carbocycles. The fourth-order valence-electron chi connectivity index (χ4n) is 4.27. The van der Waals surface area contributed by atoms with Crippen LogP contribution in [0.2, 0.25) is 0 Å². The summed E-state index contributed by atoms with van der Waals surface area (Å²) >= 11 is 0. The van der Waals surface area contributed by atoms with E-state index in [-0.39, 0.29) is 11.3 Å². The van der Waals surface area contributed by atoms with E-state index < -0.39 is 24.3 Å². The Bertz CT molecular complexity index is 1160. The number of carboxylic acids is 2. The van der Waals surface area contributed by atoms with Gasteiger partial charge in [0.2, 0.25) is 0 Å². The molecule has 4 heterocycles. The zero-order valence-corrected chi connectivity index (χ0v) is 21.4. The van der Waals surface area contributed by atoms with Crippen molar-refractivity contribution < 1.29 is 55.7 Å². The van der Waals surface area contributed by atoms with E-state index in [2.05, 4.69) is 27.3 Å². The first-order valence-corrected chi connectivity index (χ1v) is 11.7. The second-order valence-electron chi connectivity index (χ2n) is 9.31. The Morgan fingerprint density at radius 1 is 1.07 bits per heavy atom. The second kappa shape index (κ2) is 13.1. The topological polar surface area (TPSA) is 134 Å². The number of rotatable bonds is 5. The lowest BCUT2D eigenvalue weighted by molar-refractivity contribution is -0.193. The molecule has 2 aliphatic heterocycles. The van der Waals surface area contributed by atoms with Crippen LogP contribution in [0.15, 0.2) is 36.5 Å². The van der Waals surface area contributed by atoms with Crippen molar-refractivity contribution in [3.8, 4) is 0 Å². The van der Waals surface area contributed by atoms with E-state index in [9.17, 15) is 31.1 Å². The number of aromatic nitrogens is 2. The van der Waals surface area contributed by atoms with Gasteiger partial charge in [0.05, 0.1) is 18.9 Å². The van der Waals surface area contributed by atoms with Crippen LogP contribution in [0.4, 0.5) is 26.3 Å². The molecule has 2 aliphatic rings. The van der Waals surface area contributed by atoms with E-state index in [1.807, 2.05) is 42.9 Å². The zero-order valence-electron chi connectivity index (χ0n) is 21.4. The monoisotopic (exact) mass is 582 g/mol. The molecular formula is C24H28F6N4O6. The minimum Gasteiger partial charge on any atom is -0.475 e. The van der Waals surface area contributed by atoms with Crippen molar-refractivity contribution in [3.05, 3.63) is 53.6 Å². The lowest BCUT2D eigenvalue weighted by atomic mass is 9.81. The molecule has 0 bridgehead atoms. The van der Waals surface area contributed by atoms with Crippen LogP contribution in [0.25, 0.3) is 0 Å². The van der Waals surface area contributed by atoms with E-state index in [1.54, 1.807) is 0 Å². The number of aliphatic carboxylic acids is 2. The molecule has 0 unspecified atom stereocenters.